The predicted octanol–water partition coefficient (Wildman–Crippen LogP) is 2.31. The third-order valence-electron chi connectivity index (χ3n) is 2.95. The quantitative estimate of drug-likeness (QED) is 0.877. The van der Waals surface area contributed by atoms with Gasteiger partial charge in [-0.05, 0) is 38.1 Å². The fourth-order valence-electron chi connectivity index (χ4n) is 2.02. The van der Waals surface area contributed by atoms with Gasteiger partial charge in [-0.3, -0.25) is 9.67 Å². The molecular weight excluding hydrogens is 224 g/mol. The van der Waals surface area contributed by atoms with Gasteiger partial charge >= 0.3 is 0 Å². The molecule has 0 saturated heterocycles. The van der Waals surface area contributed by atoms with Crippen LogP contribution < -0.4 is 5.32 Å². The van der Waals surface area contributed by atoms with E-state index in [-0.39, 0.29) is 6.04 Å². The van der Waals surface area contributed by atoms with Crippen molar-refractivity contribution in [3.05, 3.63) is 47.5 Å². The summed E-state index contributed by atoms with van der Waals surface area (Å²) in [6.45, 7) is 8.07. The Bertz CT molecular complexity index is 504. The maximum Gasteiger partial charge on any atom is 0.0782 e. The Balaban J connectivity index is 2.33. The molecule has 0 bridgehead atoms. The first-order valence-corrected chi connectivity index (χ1v) is 6.42. The van der Waals surface area contributed by atoms with E-state index >= 15 is 0 Å². The Morgan fingerprint density at radius 3 is 2.83 bits per heavy atom. The smallest absolute Gasteiger partial charge is 0.0782 e. The summed E-state index contributed by atoms with van der Waals surface area (Å²) in [5.41, 5.74) is 3.44. The first-order valence-electron chi connectivity index (χ1n) is 6.42. The van der Waals surface area contributed by atoms with Gasteiger partial charge in [-0.25, -0.2) is 0 Å². The molecule has 2 heterocycles. The summed E-state index contributed by atoms with van der Waals surface area (Å²) in [6, 6.07) is 4.26. The van der Waals surface area contributed by atoms with E-state index < -0.39 is 0 Å². The average Bonchev–Trinajstić information content (AvgIpc) is 2.84. The molecule has 4 heteroatoms. The Labute approximate surface area is 108 Å². The Morgan fingerprint density at radius 1 is 1.39 bits per heavy atom. The lowest BCUT2D eigenvalue weighted by Gasteiger charge is -2.16. The van der Waals surface area contributed by atoms with Crippen LogP contribution in [-0.4, -0.2) is 21.3 Å². The Kier molecular flexibility index (Phi) is 4.10. The van der Waals surface area contributed by atoms with E-state index in [0.29, 0.717) is 0 Å². The zero-order chi connectivity index (χ0) is 13.0. The van der Waals surface area contributed by atoms with E-state index in [1.165, 1.54) is 5.56 Å². The van der Waals surface area contributed by atoms with Crippen molar-refractivity contribution in [2.75, 3.05) is 6.54 Å². The number of nitrogens with one attached hydrogen (secondary N) is 1. The number of aryl methyl sites for hydroxylation is 2. The van der Waals surface area contributed by atoms with Gasteiger partial charge in [0, 0.05) is 24.5 Å². The summed E-state index contributed by atoms with van der Waals surface area (Å²) in [5, 5.41) is 7.80. The van der Waals surface area contributed by atoms with Gasteiger partial charge in [0.1, 0.15) is 0 Å². The lowest BCUT2D eigenvalue weighted by atomic mass is 10.1. The van der Waals surface area contributed by atoms with E-state index in [0.717, 1.165) is 24.3 Å². The molecule has 0 spiro atoms. The molecule has 1 atom stereocenters. The molecule has 4 nitrogen and oxygen atoms in total. The average molecular weight is 244 g/mol. The number of hydrogen-bond acceptors (Lipinski definition) is 3. The molecular formula is C14H20N4. The third kappa shape index (κ3) is 2.76. The highest BCUT2D eigenvalue weighted by molar-refractivity contribution is 5.26. The van der Waals surface area contributed by atoms with Crippen molar-refractivity contribution in [3.63, 3.8) is 0 Å². The van der Waals surface area contributed by atoms with Crippen LogP contribution in [0.15, 0.2) is 30.7 Å². The summed E-state index contributed by atoms with van der Waals surface area (Å²) in [6.07, 6.45) is 5.86. The highest BCUT2D eigenvalue weighted by Gasteiger charge is 2.16. The van der Waals surface area contributed by atoms with Crippen molar-refractivity contribution in [2.24, 2.45) is 0 Å². The molecule has 0 amide bonds. The van der Waals surface area contributed by atoms with Gasteiger partial charge in [0.15, 0.2) is 0 Å². The largest absolute Gasteiger partial charge is 0.305 e. The number of hydrogen-bond donors (Lipinski definition) is 1. The minimum absolute atomic E-state index is 0.121. The van der Waals surface area contributed by atoms with E-state index in [1.807, 2.05) is 23.1 Å². The molecule has 18 heavy (non-hydrogen) atoms. The predicted molar refractivity (Wildman–Crippen MR) is 72.4 cm³/mol. The monoisotopic (exact) mass is 244 g/mol. The van der Waals surface area contributed by atoms with Crippen molar-refractivity contribution >= 4 is 0 Å². The first kappa shape index (κ1) is 12.8. The fourth-order valence-corrected chi connectivity index (χ4v) is 2.02. The van der Waals surface area contributed by atoms with Gasteiger partial charge in [0.25, 0.3) is 0 Å². The van der Waals surface area contributed by atoms with Crippen molar-refractivity contribution < 1.29 is 0 Å². The molecule has 0 aromatic carbocycles. The van der Waals surface area contributed by atoms with Crippen LogP contribution in [0.2, 0.25) is 0 Å². The summed E-state index contributed by atoms with van der Waals surface area (Å²) < 4.78 is 1.94. The Hall–Kier alpha value is -1.68. The number of pyridine rings is 1. The summed E-state index contributed by atoms with van der Waals surface area (Å²) in [5.74, 6) is 0. The molecule has 2 rings (SSSR count). The van der Waals surface area contributed by atoms with Crippen molar-refractivity contribution in [3.8, 4) is 0 Å². The SMILES string of the molecule is CCNC(c1cnn(CC)c1)c1cc(C)ccn1. The number of rotatable bonds is 5. The summed E-state index contributed by atoms with van der Waals surface area (Å²) in [7, 11) is 0. The lowest BCUT2D eigenvalue weighted by molar-refractivity contribution is 0.611. The van der Waals surface area contributed by atoms with E-state index in [2.05, 4.69) is 48.4 Å². The second-order valence-electron chi connectivity index (χ2n) is 4.38. The number of nitrogens with zero attached hydrogens (tertiary/aromatic N) is 3. The maximum atomic E-state index is 4.47. The van der Waals surface area contributed by atoms with Gasteiger partial charge in [-0.1, -0.05) is 6.92 Å². The van der Waals surface area contributed by atoms with Gasteiger partial charge in [0.05, 0.1) is 17.9 Å². The van der Waals surface area contributed by atoms with E-state index in [1.54, 1.807) is 0 Å². The molecule has 0 fully saturated rings. The molecule has 0 radical (unpaired) electrons. The van der Waals surface area contributed by atoms with Gasteiger partial charge in [0.2, 0.25) is 0 Å². The van der Waals surface area contributed by atoms with Crippen LogP contribution in [0.1, 0.15) is 36.7 Å². The van der Waals surface area contributed by atoms with Gasteiger partial charge in [-0.15, -0.1) is 0 Å². The number of aromatic nitrogens is 3. The van der Waals surface area contributed by atoms with Crippen LogP contribution in [0.3, 0.4) is 0 Å². The summed E-state index contributed by atoms with van der Waals surface area (Å²) >= 11 is 0. The highest BCUT2D eigenvalue weighted by Crippen LogP contribution is 2.20. The molecule has 1 unspecified atom stereocenters. The molecule has 0 aliphatic heterocycles. The van der Waals surface area contributed by atoms with Crippen LogP contribution in [0.4, 0.5) is 0 Å². The second kappa shape index (κ2) is 5.78. The normalized spacial score (nSPS) is 12.6. The molecule has 2 aromatic rings. The third-order valence-corrected chi connectivity index (χ3v) is 2.95. The molecule has 96 valence electrons. The molecule has 0 aliphatic carbocycles. The van der Waals surface area contributed by atoms with Crippen molar-refractivity contribution in [1.82, 2.24) is 20.1 Å². The van der Waals surface area contributed by atoms with Gasteiger partial charge < -0.3 is 5.32 Å². The highest BCUT2D eigenvalue weighted by atomic mass is 15.3. The van der Waals surface area contributed by atoms with E-state index in [4.69, 9.17) is 0 Å². The minimum atomic E-state index is 0.121. The molecule has 2 aromatic heterocycles. The van der Waals surface area contributed by atoms with Crippen molar-refractivity contribution in [1.29, 1.82) is 0 Å². The fraction of sp³-hybridized carbons (Fsp3) is 0.429. The van der Waals surface area contributed by atoms with Crippen molar-refractivity contribution in [2.45, 2.75) is 33.4 Å². The molecule has 1 N–H and O–H groups in total. The van der Waals surface area contributed by atoms with Gasteiger partial charge in [-0.2, -0.15) is 5.10 Å². The standard InChI is InChI=1S/C14H20N4/c1-4-15-14(12-9-17-18(5-2)10-12)13-8-11(3)6-7-16-13/h6-10,14-15H,4-5H2,1-3H3. The summed E-state index contributed by atoms with van der Waals surface area (Å²) in [4.78, 5) is 4.47. The molecule has 0 aliphatic rings. The zero-order valence-corrected chi connectivity index (χ0v) is 11.2. The lowest BCUT2D eigenvalue weighted by Crippen LogP contribution is -2.22. The first-order chi connectivity index (χ1) is 8.74. The molecule has 0 saturated carbocycles. The second-order valence-corrected chi connectivity index (χ2v) is 4.38. The van der Waals surface area contributed by atoms with Crippen LogP contribution in [0.5, 0.6) is 0 Å². The maximum absolute atomic E-state index is 4.47. The van der Waals surface area contributed by atoms with E-state index in [9.17, 15) is 0 Å². The van der Waals surface area contributed by atoms with Crippen LogP contribution in [0.25, 0.3) is 0 Å². The topological polar surface area (TPSA) is 42.7 Å². The minimum Gasteiger partial charge on any atom is -0.305 e. The zero-order valence-electron chi connectivity index (χ0n) is 11.2. The van der Waals surface area contributed by atoms with Crippen LogP contribution >= 0.6 is 0 Å². The Morgan fingerprint density at radius 2 is 2.22 bits per heavy atom. The van der Waals surface area contributed by atoms with Crippen LogP contribution in [-0.2, 0) is 6.54 Å². The van der Waals surface area contributed by atoms with Crippen LogP contribution in [0, 0.1) is 6.92 Å².